The van der Waals surface area contributed by atoms with Crippen LogP contribution in [0, 0.1) is 12.7 Å². The van der Waals surface area contributed by atoms with Crippen LogP contribution in [0.25, 0.3) is 10.9 Å². The third-order valence-corrected chi connectivity index (χ3v) is 9.06. The number of hydrogen-bond acceptors (Lipinski definition) is 8. The van der Waals surface area contributed by atoms with Gasteiger partial charge in [-0.1, -0.05) is 34.1 Å². The molecule has 0 bridgehead atoms. The Balaban J connectivity index is 1.72. The fourth-order valence-electron chi connectivity index (χ4n) is 4.92. The van der Waals surface area contributed by atoms with Gasteiger partial charge in [-0.25, -0.2) is 17.6 Å². The number of fused-ring (bicyclic) bond motifs is 1. The van der Waals surface area contributed by atoms with Crippen molar-refractivity contribution < 1.29 is 32.2 Å². The topological polar surface area (TPSA) is 127 Å². The lowest BCUT2D eigenvalue weighted by Crippen LogP contribution is -2.36. The van der Waals surface area contributed by atoms with Crippen molar-refractivity contribution in [3.63, 3.8) is 0 Å². The van der Waals surface area contributed by atoms with E-state index in [1.54, 1.807) is 43.3 Å². The number of aryl methyl sites for hydroxylation is 1. The minimum absolute atomic E-state index is 0.0188. The van der Waals surface area contributed by atoms with E-state index >= 15 is 4.39 Å². The highest BCUT2D eigenvalue weighted by Crippen LogP contribution is 2.40. The minimum Gasteiger partial charge on any atom is -0.497 e. The van der Waals surface area contributed by atoms with Crippen LogP contribution in [0.1, 0.15) is 33.1 Å². The van der Waals surface area contributed by atoms with Crippen molar-refractivity contribution in [2.75, 3.05) is 32.2 Å². The van der Waals surface area contributed by atoms with Gasteiger partial charge in [-0.05, 0) is 48.4 Å². The number of aromatic nitrogens is 1. The lowest BCUT2D eigenvalue weighted by Gasteiger charge is -2.29. The van der Waals surface area contributed by atoms with Crippen LogP contribution in [0.15, 0.2) is 64.1 Å². The number of carboxylic acids is 1. The number of sulfone groups is 1. The summed E-state index contributed by atoms with van der Waals surface area (Å²) in [6, 6.07) is 12.0. The second-order valence-corrected chi connectivity index (χ2v) is 12.5. The van der Waals surface area contributed by atoms with E-state index in [2.05, 4.69) is 31.5 Å². The standard InChI is InChI=1S/C29H27BrFN3O6S/c1-16-3-8-20(29(35)36)25(23-14-40-10-9-32-23)27(16)34-28-24(13-33-22-12-18(30)11-21(31)26(22)28)41(37,38)15-17-4-6-19(39-2)7-5-17/h3-8,11-13,23,32H,9-10,14-15H2,1-2H3,(H,33,34)(H,35,36). The summed E-state index contributed by atoms with van der Waals surface area (Å²) in [4.78, 5) is 16.3. The molecular formula is C29H27BrFN3O6S. The molecule has 1 aliphatic rings. The lowest BCUT2D eigenvalue weighted by molar-refractivity contribution is 0.0673. The van der Waals surface area contributed by atoms with Crippen molar-refractivity contribution in [1.82, 2.24) is 10.3 Å². The number of halogens is 2. The zero-order valence-electron chi connectivity index (χ0n) is 22.2. The fourth-order valence-corrected chi connectivity index (χ4v) is 6.80. The first-order valence-electron chi connectivity index (χ1n) is 12.7. The van der Waals surface area contributed by atoms with Gasteiger partial charge in [0.1, 0.15) is 16.5 Å². The summed E-state index contributed by atoms with van der Waals surface area (Å²) in [7, 11) is -2.56. The highest BCUT2D eigenvalue weighted by molar-refractivity contribution is 9.10. The average Bonchev–Trinajstić information content (AvgIpc) is 2.94. The smallest absolute Gasteiger partial charge is 0.336 e. The molecule has 41 heavy (non-hydrogen) atoms. The first-order valence-corrected chi connectivity index (χ1v) is 15.1. The van der Waals surface area contributed by atoms with E-state index in [0.29, 0.717) is 45.8 Å². The number of morpholine rings is 1. The summed E-state index contributed by atoms with van der Waals surface area (Å²) in [6.07, 6.45) is 1.20. The second kappa shape index (κ2) is 11.7. The van der Waals surface area contributed by atoms with Crippen LogP contribution in [0.4, 0.5) is 15.8 Å². The Morgan fingerprint density at radius 1 is 1.22 bits per heavy atom. The van der Waals surface area contributed by atoms with Gasteiger partial charge in [0.05, 0.1) is 54.3 Å². The average molecular weight is 645 g/mol. The summed E-state index contributed by atoms with van der Waals surface area (Å²) in [5.74, 6) is -1.65. The van der Waals surface area contributed by atoms with Crippen molar-refractivity contribution in [1.29, 1.82) is 0 Å². The normalized spacial score (nSPS) is 15.6. The van der Waals surface area contributed by atoms with Gasteiger partial charge in [0.15, 0.2) is 9.84 Å². The number of aromatic carboxylic acids is 1. The van der Waals surface area contributed by atoms with Gasteiger partial charge >= 0.3 is 5.97 Å². The molecule has 1 fully saturated rings. The molecule has 0 radical (unpaired) electrons. The highest BCUT2D eigenvalue weighted by atomic mass is 79.9. The largest absolute Gasteiger partial charge is 0.497 e. The van der Waals surface area contributed by atoms with E-state index in [9.17, 15) is 18.3 Å². The number of carbonyl (C=O) groups is 1. The van der Waals surface area contributed by atoms with Crippen LogP contribution in [0.2, 0.25) is 0 Å². The van der Waals surface area contributed by atoms with Gasteiger partial charge in [0, 0.05) is 28.5 Å². The molecule has 0 amide bonds. The second-order valence-electron chi connectivity index (χ2n) is 9.62. The third kappa shape index (κ3) is 5.91. The molecule has 0 aliphatic carbocycles. The summed E-state index contributed by atoms with van der Waals surface area (Å²) >= 11 is 3.27. The molecule has 1 unspecified atom stereocenters. The lowest BCUT2D eigenvalue weighted by atomic mass is 9.94. The Kier molecular flexibility index (Phi) is 8.28. The Bertz CT molecular complexity index is 1740. The van der Waals surface area contributed by atoms with E-state index in [0.717, 1.165) is 0 Å². The number of nitrogens with one attached hydrogen (secondary N) is 2. The predicted octanol–water partition coefficient (Wildman–Crippen LogP) is 5.53. The Labute approximate surface area is 244 Å². The number of benzene rings is 3. The van der Waals surface area contributed by atoms with E-state index in [4.69, 9.17) is 9.47 Å². The number of ether oxygens (including phenoxy) is 2. The molecule has 1 saturated heterocycles. The zero-order chi connectivity index (χ0) is 29.3. The highest BCUT2D eigenvalue weighted by Gasteiger charge is 2.29. The number of carboxylic acid groups (broad SMARTS) is 1. The quantitative estimate of drug-likeness (QED) is 0.227. The first-order chi connectivity index (χ1) is 19.6. The summed E-state index contributed by atoms with van der Waals surface area (Å²) in [5, 5.41) is 16.4. The molecule has 3 N–H and O–H groups in total. The van der Waals surface area contributed by atoms with Crippen molar-refractivity contribution in [3.05, 3.63) is 87.3 Å². The minimum atomic E-state index is -4.08. The maximum Gasteiger partial charge on any atom is 0.336 e. The molecule has 0 spiro atoms. The maximum absolute atomic E-state index is 15.6. The number of methoxy groups -OCH3 is 1. The fraction of sp³-hybridized carbons (Fsp3) is 0.241. The third-order valence-electron chi connectivity index (χ3n) is 6.91. The molecule has 214 valence electrons. The Hall–Kier alpha value is -3.58. The van der Waals surface area contributed by atoms with E-state index in [1.165, 1.54) is 25.4 Å². The first kappa shape index (κ1) is 28.9. The number of anilines is 2. The van der Waals surface area contributed by atoms with Crippen LogP contribution in [-0.2, 0) is 20.3 Å². The number of rotatable bonds is 8. The van der Waals surface area contributed by atoms with Crippen LogP contribution in [0.5, 0.6) is 5.75 Å². The van der Waals surface area contributed by atoms with Gasteiger partial charge < -0.3 is 25.2 Å². The molecule has 3 aromatic carbocycles. The number of hydrogen-bond donors (Lipinski definition) is 3. The van der Waals surface area contributed by atoms with E-state index in [-0.39, 0.29) is 39.4 Å². The predicted molar refractivity (Wildman–Crippen MR) is 156 cm³/mol. The Morgan fingerprint density at radius 3 is 2.63 bits per heavy atom. The van der Waals surface area contributed by atoms with Crippen LogP contribution < -0.4 is 15.4 Å². The zero-order valence-corrected chi connectivity index (χ0v) is 24.6. The molecule has 9 nitrogen and oxygen atoms in total. The summed E-state index contributed by atoms with van der Waals surface area (Å²) < 4.78 is 54.6. The van der Waals surface area contributed by atoms with Gasteiger partial charge in [0.25, 0.3) is 0 Å². The van der Waals surface area contributed by atoms with Crippen molar-refractivity contribution >= 4 is 54.0 Å². The maximum atomic E-state index is 15.6. The van der Waals surface area contributed by atoms with Crippen molar-refractivity contribution in [3.8, 4) is 5.75 Å². The van der Waals surface area contributed by atoms with Crippen LogP contribution in [-0.4, -0.2) is 51.3 Å². The van der Waals surface area contributed by atoms with Gasteiger partial charge in [-0.3, -0.25) is 4.98 Å². The molecule has 5 rings (SSSR count). The molecule has 1 aliphatic heterocycles. The van der Waals surface area contributed by atoms with Gasteiger partial charge in [0.2, 0.25) is 0 Å². The molecule has 1 aromatic heterocycles. The van der Waals surface area contributed by atoms with Gasteiger partial charge in [-0.15, -0.1) is 0 Å². The molecule has 4 aromatic rings. The van der Waals surface area contributed by atoms with E-state index < -0.39 is 27.7 Å². The SMILES string of the molecule is COc1ccc(CS(=O)(=O)c2cnc3cc(Br)cc(F)c3c2Nc2c(C)ccc(C(=O)O)c2C2COCCN2)cc1. The van der Waals surface area contributed by atoms with Crippen molar-refractivity contribution in [2.45, 2.75) is 23.6 Å². The number of pyridine rings is 1. The summed E-state index contributed by atoms with van der Waals surface area (Å²) in [5.41, 5.74) is 2.08. The monoisotopic (exact) mass is 643 g/mol. The molecule has 2 heterocycles. The number of nitrogens with zero attached hydrogens (tertiary/aromatic N) is 1. The van der Waals surface area contributed by atoms with E-state index in [1.807, 2.05) is 0 Å². The van der Waals surface area contributed by atoms with Crippen LogP contribution in [0.3, 0.4) is 0 Å². The molecule has 1 atom stereocenters. The van der Waals surface area contributed by atoms with Crippen molar-refractivity contribution in [2.24, 2.45) is 0 Å². The molecule has 0 saturated carbocycles. The molecular weight excluding hydrogens is 617 g/mol. The molecule has 12 heteroatoms. The van der Waals surface area contributed by atoms with Gasteiger partial charge in [-0.2, -0.15) is 0 Å². The Morgan fingerprint density at radius 2 is 1.98 bits per heavy atom. The van der Waals surface area contributed by atoms with Crippen LogP contribution >= 0.6 is 15.9 Å². The summed E-state index contributed by atoms with van der Waals surface area (Å²) in [6.45, 7) is 2.94.